The van der Waals surface area contributed by atoms with Gasteiger partial charge in [0.05, 0.1) is 11.2 Å². The van der Waals surface area contributed by atoms with E-state index in [9.17, 15) is 4.39 Å². The number of fused-ring (bicyclic) bond motifs is 1. The minimum Gasteiger partial charge on any atom is -0.399 e. The predicted octanol–water partition coefficient (Wildman–Crippen LogP) is 5.12. The summed E-state index contributed by atoms with van der Waals surface area (Å²) in [5.74, 6) is -0.254. The Morgan fingerprint density at radius 2 is 1.52 bits per heavy atom. The van der Waals surface area contributed by atoms with Crippen molar-refractivity contribution in [3.05, 3.63) is 83.7 Å². The van der Waals surface area contributed by atoms with Crippen LogP contribution in [0.25, 0.3) is 34.3 Å². The molecule has 0 bridgehead atoms. The van der Waals surface area contributed by atoms with E-state index in [0.29, 0.717) is 0 Å². The molecule has 0 atom stereocenters. The molecule has 4 aromatic rings. The number of nitrogens with one attached hydrogen (secondary N) is 1. The van der Waals surface area contributed by atoms with Gasteiger partial charge in [-0.15, -0.1) is 0 Å². The Hall–Kier alpha value is -3.40. The van der Waals surface area contributed by atoms with Gasteiger partial charge in [0, 0.05) is 16.6 Å². The van der Waals surface area contributed by atoms with E-state index in [4.69, 9.17) is 5.73 Å². The Balaban J connectivity index is 1.70. The fourth-order valence-electron chi connectivity index (χ4n) is 2.76. The lowest BCUT2D eigenvalue weighted by Crippen LogP contribution is -1.82. The lowest BCUT2D eigenvalue weighted by molar-refractivity contribution is 0.628. The summed E-state index contributed by atoms with van der Waals surface area (Å²) >= 11 is 0. The molecule has 0 aliphatic heterocycles. The predicted molar refractivity (Wildman–Crippen MR) is 101 cm³/mol. The van der Waals surface area contributed by atoms with E-state index in [2.05, 4.69) is 16.3 Å². The standard InChI is InChI=1S/C21H16FN3/c22-17-8-6-16(7-9-17)21-19-13-15(5-12-20(19)24-25-21)2-1-14-3-10-18(23)11-4-14/h1-13H,23H2,(H,24,25)/b2-1+. The molecule has 25 heavy (non-hydrogen) atoms. The molecule has 1 aromatic heterocycles. The summed E-state index contributed by atoms with van der Waals surface area (Å²) < 4.78 is 13.1. The van der Waals surface area contributed by atoms with E-state index >= 15 is 0 Å². The van der Waals surface area contributed by atoms with Gasteiger partial charge in [-0.3, -0.25) is 5.10 Å². The zero-order valence-corrected chi connectivity index (χ0v) is 13.4. The van der Waals surface area contributed by atoms with Gasteiger partial charge in [-0.25, -0.2) is 4.39 Å². The number of nitrogens with zero attached hydrogens (tertiary/aromatic N) is 1. The molecular weight excluding hydrogens is 313 g/mol. The van der Waals surface area contributed by atoms with Crippen LogP contribution < -0.4 is 5.73 Å². The second-order valence-electron chi connectivity index (χ2n) is 5.88. The van der Waals surface area contributed by atoms with Crippen molar-refractivity contribution in [1.29, 1.82) is 0 Å². The van der Waals surface area contributed by atoms with E-state index in [-0.39, 0.29) is 5.82 Å². The summed E-state index contributed by atoms with van der Waals surface area (Å²) in [6, 6.07) is 20.2. The number of hydrogen-bond acceptors (Lipinski definition) is 2. The first-order valence-electron chi connectivity index (χ1n) is 7.97. The van der Waals surface area contributed by atoms with E-state index < -0.39 is 0 Å². The minimum absolute atomic E-state index is 0.254. The summed E-state index contributed by atoms with van der Waals surface area (Å²) in [5, 5.41) is 8.41. The molecule has 3 nitrogen and oxygen atoms in total. The zero-order chi connectivity index (χ0) is 17.2. The third-order valence-electron chi connectivity index (χ3n) is 4.11. The van der Waals surface area contributed by atoms with E-state index in [1.54, 1.807) is 12.1 Å². The second kappa shape index (κ2) is 6.24. The molecular formula is C21H16FN3. The van der Waals surface area contributed by atoms with Crippen LogP contribution >= 0.6 is 0 Å². The molecule has 0 spiro atoms. The van der Waals surface area contributed by atoms with Crippen LogP contribution in [0.3, 0.4) is 0 Å². The number of aromatic nitrogens is 2. The maximum atomic E-state index is 13.1. The number of hydrogen-bond donors (Lipinski definition) is 2. The van der Waals surface area contributed by atoms with Gasteiger partial charge in [-0.05, 0) is 59.7 Å². The molecule has 4 rings (SSSR count). The van der Waals surface area contributed by atoms with Crippen molar-refractivity contribution in [2.75, 3.05) is 5.73 Å². The van der Waals surface area contributed by atoms with E-state index in [1.165, 1.54) is 12.1 Å². The van der Waals surface area contributed by atoms with Crippen molar-refractivity contribution < 1.29 is 4.39 Å². The van der Waals surface area contributed by atoms with Crippen molar-refractivity contribution in [3.63, 3.8) is 0 Å². The summed E-state index contributed by atoms with van der Waals surface area (Å²) in [5.41, 5.74) is 11.3. The molecule has 0 fully saturated rings. The third kappa shape index (κ3) is 3.15. The average molecular weight is 329 g/mol. The molecule has 0 unspecified atom stereocenters. The molecule has 0 aliphatic rings. The highest BCUT2D eigenvalue weighted by atomic mass is 19.1. The van der Waals surface area contributed by atoms with Gasteiger partial charge in [0.1, 0.15) is 5.82 Å². The van der Waals surface area contributed by atoms with Crippen molar-refractivity contribution in [2.24, 2.45) is 0 Å². The van der Waals surface area contributed by atoms with Crippen LogP contribution in [0.4, 0.5) is 10.1 Å². The molecule has 3 aromatic carbocycles. The van der Waals surface area contributed by atoms with Crippen LogP contribution in [-0.4, -0.2) is 10.2 Å². The lowest BCUT2D eigenvalue weighted by atomic mass is 10.0. The average Bonchev–Trinajstić information content (AvgIpc) is 3.05. The fourth-order valence-corrected chi connectivity index (χ4v) is 2.76. The highest BCUT2D eigenvalue weighted by Gasteiger charge is 2.08. The number of nitrogen functional groups attached to an aromatic ring is 1. The number of H-pyrrole nitrogens is 1. The van der Waals surface area contributed by atoms with Gasteiger partial charge < -0.3 is 5.73 Å². The van der Waals surface area contributed by atoms with Crippen molar-refractivity contribution >= 4 is 28.7 Å². The molecule has 0 aliphatic carbocycles. The number of nitrogens with two attached hydrogens (primary N) is 1. The summed E-state index contributed by atoms with van der Waals surface area (Å²) in [6.07, 6.45) is 4.09. The molecule has 0 radical (unpaired) electrons. The normalized spacial score (nSPS) is 11.4. The molecule has 0 saturated carbocycles. The van der Waals surface area contributed by atoms with Gasteiger partial charge in [-0.1, -0.05) is 30.4 Å². The largest absolute Gasteiger partial charge is 0.399 e. The van der Waals surface area contributed by atoms with Gasteiger partial charge in [0.2, 0.25) is 0 Å². The monoisotopic (exact) mass is 329 g/mol. The summed E-state index contributed by atoms with van der Waals surface area (Å²) in [7, 11) is 0. The zero-order valence-electron chi connectivity index (χ0n) is 13.4. The quantitative estimate of drug-likeness (QED) is 0.405. The molecule has 4 heteroatoms. The third-order valence-corrected chi connectivity index (χ3v) is 4.11. The Bertz CT molecular complexity index is 1040. The number of halogens is 1. The maximum absolute atomic E-state index is 13.1. The first kappa shape index (κ1) is 15.1. The van der Waals surface area contributed by atoms with Crippen LogP contribution in [0, 0.1) is 5.82 Å². The van der Waals surface area contributed by atoms with Crippen LogP contribution in [0.2, 0.25) is 0 Å². The minimum atomic E-state index is -0.254. The highest BCUT2D eigenvalue weighted by Crippen LogP contribution is 2.27. The van der Waals surface area contributed by atoms with Crippen molar-refractivity contribution in [1.82, 2.24) is 10.2 Å². The lowest BCUT2D eigenvalue weighted by Gasteiger charge is -2.00. The molecule has 122 valence electrons. The SMILES string of the molecule is Nc1ccc(/C=C/c2ccc3[nH]nc(-c4ccc(F)cc4)c3c2)cc1. The van der Waals surface area contributed by atoms with Crippen LogP contribution in [-0.2, 0) is 0 Å². The highest BCUT2D eigenvalue weighted by molar-refractivity contribution is 5.94. The Labute approximate surface area is 144 Å². The fraction of sp³-hybridized carbons (Fsp3) is 0. The summed E-state index contributed by atoms with van der Waals surface area (Å²) in [4.78, 5) is 0. The van der Waals surface area contributed by atoms with Crippen LogP contribution in [0.5, 0.6) is 0 Å². The Morgan fingerprint density at radius 3 is 2.28 bits per heavy atom. The number of anilines is 1. The van der Waals surface area contributed by atoms with Gasteiger partial charge in [-0.2, -0.15) is 5.10 Å². The summed E-state index contributed by atoms with van der Waals surface area (Å²) in [6.45, 7) is 0. The number of rotatable bonds is 3. The number of benzene rings is 3. The second-order valence-corrected chi connectivity index (χ2v) is 5.88. The van der Waals surface area contributed by atoms with Gasteiger partial charge >= 0.3 is 0 Å². The molecule has 0 saturated heterocycles. The van der Waals surface area contributed by atoms with E-state index in [1.807, 2.05) is 48.6 Å². The topological polar surface area (TPSA) is 54.7 Å². The maximum Gasteiger partial charge on any atom is 0.123 e. The Kier molecular flexibility index (Phi) is 3.78. The molecule has 1 heterocycles. The van der Waals surface area contributed by atoms with Crippen LogP contribution in [0.1, 0.15) is 11.1 Å². The number of aromatic amines is 1. The first-order valence-corrected chi connectivity index (χ1v) is 7.97. The van der Waals surface area contributed by atoms with Crippen LogP contribution in [0.15, 0.2) is 66.7 Å². The Morgan fingerprint density at radius 1 is 0.840 bits per heavy atom. The van der Waals surface area contributed by atoms with Gasteiger partial charge in [0.15, 0.2) is 0 Å². The molecule has 0 amide bonds. The first-order chi connectivity index (χ1) is 12.2. The van der Waals surface area contributed by atoms with E-state index in [0.717, 1.165) is 39.0 Å². The van der Waals surface area contributed by atoms with Crippen molar-refractivity contribution in [3.8, 4) is 11.3 Å². The smallest absolute Gasteiger partial charge is 0.123 e. The van der Waals surface area contributed by atoms with Gasteiger partial charge in [0.25, 0.3) is 0 Å². The van der Waals surface area contributed by atoms with Crippen molar-refractivity contribution in [2.45, 2.75) is 0 Å². The molecule has 3 N–H and O–H groups in total.